The average Bonchev–Trinajstić information content (AvgIpc) is 2.65. The number of ether oxygens (including phenoxy) is 1. The van der Waals surface area contributed by atoms with Gasteiger partial charge in [0, 0.05) is 17.6 Å². The zero-order chi connectivity index (χ0) is 18.9. The highest BCUT2D eigenvalue weighted by Gasteiger charge is 2.10. The fourth-order valence-electron chi connectivity index (χ4n) is 1.96. The van der Waals surface area contributed by atoms with E-state index in [4.69, 9.17) is 10.00 Å². The van der Waals surface area contributed by atoms with Crippen molar-refractivity contribution in [2.45, 2.75) is 6.92 Å². The van der Waals surface area contributed by atoms with E-state index < -0.39 is 11.9 Å². The maximum atomic E-state index is 12.1. The van der Waals surface area contributed by atoms with Crippen LogP contribution in [0.3, 0.4) is 0 Å². The van der Waals surface area contributed by atoms with Gasteiger partial charge in [-0.3, -0.25) is 4.79 Å². The Morgan fingerprint density at radius 2 is 1.73 bits per heavy atom. The van der Waals surface area contributed by atoms with Crippen molar-refractivity contribution < 1.29 is 19.4 Å². The molecule has 0 spiro atoms. The maximum absolute atomic E-state index is 12.1. The Kier molecular flexibility index (Phi) is 6.34. The predicted molar refractivity (Wildman–Crippen MR) is 96.5 cm³/mol. The third-order valence-corrected chi connectivity index (χ3v) is 3.27. The number of anilines is 2. The molecule has 0 heterocycles. The van der Waals surface area contributed by atoms with Gasteiger partial charge in [-0.05, 0) is 55.5 Å². The van der Waals surface area contributed by atoms with Crippen molar-refractivity contribution in [2.24, 2.45) is 0 Å². The van der Waals surface area contributed by atoms with Crippen molar-refractivity contribution in [3.8, 4) is 11.8 Å². The fraction of sp³-hybridized carbons (Fsp3) is 0.105. The van der Waals surface area contributed by atoms with E-state index in [1.54, 1.807) is 31.2 Å². The zero-order valence-electron chi connectivity index (χ0n) is 14.0. The van der Waals surface area contributed by atoms with Gasteiger partial charge in [0.1, 0.15) is 17.4 Å². The summed E-state index contributed by atoms with van der Waals surface area (Å²) in [7, 11) is 0. The monoisotopic (exact) mass is 351 g/mol. The van der Waals surface area contributed by atoms with Crippen molar-refractivity contribution in [1.29, 1.82) is 5.26 Å². The van der Waals surface area contributed by atoms with Crippen LogP contribution in [-0.4, -0.2) is 23.6 Å². The lowest BCUT2D eigenvalue weighted by Crippen LogP contribution is -2.14. The van der Waals surface area contributed by atoms with E-state index in [0.29, 0.717) is 23.5 Å². The molecule has 0 saturated carbocycles. The van der Waals surface area contributed by atoms with Gasteiger partial charge in [-0.1, -0.05) is 0 Å². The lowest BCUT2D eigenvalue weighted by atomic mass is 10.2. The number of nitriles is 1. The topological polar surface area (TPSA) is 111 Å². The summed E-state index contributed by atoms with van der Waals surface area (Å²) in [5.41, 5.74) is 1.33. The number of aromatic hydroxyl groups is 1. The molecular weight excluding hydrogens is 334 g/mol. The first-order valence-electron chi connectivity index (χ1n) is 7.78. The van der Waals surface area contributed by atoms with Crippen LogP contribution in [0, 0.1) is 11.3 Å². The van der Waals surface area contributed by atoms with E-state index in [1.807, 2.05) is 6.07 Å². The van der Waals surface area contributed by atoms with E-state index in [0.717, 1.165) is 0 Å². The molecule has 0 aliphatic carbocycles. The first kappa shape index (κ1) is 18.5. The number of nitrogens with zero attached hydrogens (tertiary/aromatic N) is 1. The second kappa shape index (κ2) is 8.89. The molecule has 2 aromatic carbocycles. The molecule has 0 aliphatic rings. The number of hydrogen-bond donors (Lipinski definition) is 3. The summed E-state index contributed by atoms with van der Waals surface area (Å²) in [6.07, 6.45) is 1.27. The number of phenolic OH excluding ortho intramolecular Hbond substituents is 1. The number of rotatable bonds is 6. The van der Waals surface area contributed by atoms with Crippen LogP contribution >= 0.6 is 0 Å². The summed E-state index contributed by atoms with van der Waals surface area (Å²) in [5.74, 6) is -0.929. The summed E-state index contributed by atoms with van der Waals surface area (Å²) in [4.78, 5) is 23.7. The van der Waals surface area contributed by atoms with Crippen LogP contribution in [0.1, 0.15) is 17.3 Å². The SMILES string of the molecule is CCOC(=O)c1ccc(N/C=C(/C#N)C(=O)Nc2ccc(O)cc2)cc1. The number of esters is 1. The van der Waals surface area contributed by atoms with Gasteiger partial charge in [0.15, 0.2) is 0 Å². The van der Waals surface area contributed by atoms with Crippen LogP contribution in [0.5, 0.6) is 5.75 Å². The van der Waals surface area contributed by atoms with Crippen LogP contribution in [0.2, 0.25) is 0 Å². The molecule has 132 valence electrons. The molecule has 0 bridgehead atoms. The van der Waals surface area contributed by atoms with Crippen molar-refractivity contribution in [3.05, 3.63) is 65.9 Å². The Morgan fingerprint density at radius 3 is 2.31 bits per heavy atom. The summed E-state index contributed by atoms with van der Waals surface area (Å²) in [5, 5.41) is 23.8. The van der Waals surface area contributed by atoms with Gasteiger partial charge < -0.3 is 20.5 Å². The van der Waals surface area contributed by atoms with Crippen LogP contribution < -0.4 is 10.6 Å². The van der Waals surface area contributed by atoms with E-state index in [-0.39, 0.29) is 11.3 Å². The van der Waals surface area contributed by atoms with E-state index >= 15 is 0 Å². The quantitative estimate of drug-likeness (QED) is 0.319. The third kappa shape index (κ3) is 5.11. The van der Waals surface area contributed by atoms with Gasteiger partial charge in [0.2, 0.25) is 0 Å². The summed E-state index contributed by atoms with van der Waals surface area (Å²) >= 11 is 0. The number of carbonyl (C=O) groups excluding carboxylic acids is 2. The van der Waals surface area contributed by atoms with Crippen LogP contribution in [0.15, 0.2) is 60.3 Å². The predicted octanol–water partition coefficient (Wildman–Crippen LogP) is 3.03. The minimum atomic E-state index is -0.589. The molecule has 7 heteroatoms. The van der Waals surface area contributed by atoms with Gasteiger partial charge in [-0.25, -0.2) is 4.79 Å². The molecule has 2 aromatic rings. The normalized spacial score (nSPS) is 10.5. The molecule has 1 amide bonds. The lowest BCUT2D eigenvalue weighted by molar-refractivity contribution is -0.112. The number of carbonyl (C=O) groups is 2. The van der Waals surface area contributed by atoms with Crippen molar-refractivity contribution in [2.75, 3.05) is 17.2 Å². The smallest absolute Gasteiger partial charge is 0.338 e. The van der Waals surface area contributed by atoms with Crippen LogP contribution in [0.25, 0.3) is 0 Å². The van der Waals surface area contributed by atoms with E-state index in [1.165, 1.54) is 30.5 Å². The summed E-state index contributed by atoms with van der Waals surface area (Å²) in [6, 6.07) is 14.1. The molecule has 0 aromatic heterocycles. The Hall–Kier alpha value is -3.79. The Morgan fingerprint density at radius 1 is 1.12 bits per heavy atom. The molecule has 3 N–H and O–H groups in total. The standard InChI is InChI=1S/C19H17N3O4/c1-2-26-19(25)13-3-5-15(6-4-13)21-12-14(11-20)18(24)22-16-7-9-17(23)10-8-16/h3-10,12,21,23H,2H2,1H3,(H,22,24)/b14-12-. The van der Waals surface area contributed by atoms with Crippen molar-refractivity contribution in [3.63, 3.8) is 0 Å². The first-order chi connectivity index (χ1) is 12.5. The molecule has 2 rings (SSSR count). The molecule has 26 heavy (non-hydrogen) atoms. The Labute approximate surface area is 150 Å². The highest BCUT2D eigenvalue weighted by molar-refractivity contribution is 6.06. The number of nitrogens with one attached hydrogen (secondary N) is 2. The maximum Gasteiger partial charge on any atom is 0.338 e. The number of hydrogen-bond acceptors (Lipinski definition) is 6. The molecule has 0 atom stereocenters. The Balaban J connectivity index is 2.02. The average molecular weight is 351 g/mol. The molecule has 7 nitrogen and oxygen atoms in total. The highest BCUT2D eigenvalue weighted by Crippen LogP contribution is 2.15. The number of phenols is 1. The summed E-state index contributed by atoms with van der Waals surface area (Å²) in [6.45, 7) is 2.02. The minimum Gasteiger partial charge on any atom is -0.508 e. The minimum absolute atomic E-state index is 0.0759. The largest absolute Gasteiger partial charge is 0.508 e. The molecule has 0 fully saturated rings. The van der Waals surface area contributed by atoms with Gasteiger partial charge in [0.05, 0.1) is 12.2 Å². The molecular formula is C19H17N3O4. The second-order valence-corrected chi connectivity index (χ2v) is 5.11. The van der Waals surface area contributed by atoms with Crippen molar-refractivity contribution >= 4 is 23.3 Å². The van der Waals surface area contributed by atoms with Gasteiger partial charge >= 0.3 is 5.97 Å². The number of amides is 1. The molecule has 0 radical (unpaired) electrons. The summed E-state index contributed by atoms with van der Waals surface area (Å²) < 4.78 is 4.90. The molecule has 0 saturated heterocycles. The van der Waals surface area contributed by atoms with Gasteiger partial charge in [-0.15, -0.1) is 0 Å². The highest BCUT2D eigenvalue weighted by atomic mass is 16.5. The van der Waals surface area contributed by atoms with Crippen LogP contribution in [-0.2, 0) is 9.53 Å². The van der Waals surface area contributed by atoms with Gasteiger partial charge in [-0.2, -0.15) is 5.26 Å². The first-order valence-corrected chi connectivity index (χ1v) is 7.78. The van der Waals surface area contributed by atoms with Crippen LogP contribution in [0.4, 0.5) is 11.4 Å². The molecule has 0 unspecified atom stereocenters. The lowest BCUT2D eigenvalue weighted by Gasteiger charge is -2.06. The Bertz CT molecular complexity index is 850. The molecule has 0 aliphatic heterocycles. The fourth-order valence-corrected chi connectivity index (χ4v) is 1.96. The van der Waals surface area contributed by atoms with E-state index in [2.05, 4.69) is 10.6 Å². The number of benzene rings is 2. The van der Waals surface area contributed by atoms with Crippen molar-refractivity contribution in [1.82, 2.24) is 0 Å². The van der Waals surface area contributed by atoms with E-state index in [9.17, 15) is 14.7 Å². The zero-order valence-corrected chi connectivity index (χ0v) is 14.0. The van der Waals surface area contributed by atoms with Gasteiger partial charge in [0.25, 0.3) is 5.91 Å². The second-order valence-electron chi connectivity index (χ2n) is 5.11. The third-order valence-electron chi connectivity index (χ3n) is 3.27.